The summed E-state index contributed by atoms with van der Waals surface area (Å²) in [6.07, 6.45) is 0.769. The van der Waals surface area contributed by atoms with Gasteiger partial charge in [0.15, 0.2) is 0 Å². The van der Waals surface area contributed by atoms with Crippen LogP contribution in [0.4, 0.5) is 10.5 Å². The molecule has 6 heteroatoms. The molecular weight excluding hydrogens is 381 g/mol. The summed E-state index contributed by atoms with van der Waals surface area (Å²) >= 11 is 12.3. The monoisotopic (exact) mass is 397 g/mol. The predicted octanol–water partition coefficient (Wildman–Crippen LogP) is 5.71. The summed E-state index contributed by atoms with van der Waals surface area (Å²) in [5.41, 5.74) is 1.86. The second kappa shape index (κ2) is 6.41. The van der Waals surface area contributed by atoms with Gasteiger partial charge < -0.3 is 0 Å². The number of hydrogen-bond donors (Lipinski definition) is 0. The maximum atomic E-state index is 13.2. The molecule has 4 nitrogen and oxygen atoms in total. The molecule has 2 aliphatic heterocycles. The van der Waals surface area contributed by atoms with Gasteiger partial charge in [-0.3, -0.25) is 9.91 Å². The quantitative estimate of drug-likeness (QED) is 0.553. The standard InChI is InChI=1S/C21H17Cl2N3O/c22-18-10-9-15(13-19(18)23)26-20(24-11-4-12-25(24)21(26)27)17-8-3-6-14-5-1-2-7-16(14)17/h1-3,5-10,13,20H,4,11-12H2/t20-/m1/s1. The lowest BCUT2D eigenvalue weighted by Crippen LogP contribution is -2.32. The molecule has 2 amide bonds. The summed E-state index contributed by atoms with van der Waals surface area (Å²) in [5, 5.41) is 7.24. The summed E-state index contributed by atoms with van der Waals surface area (Å²) in [7, 11) is 0. The van der Waals surface area contributed by atoms with E-state index in [0.29, 0.717) is 10.0 Å². The zero-order chi connectivity index (χ0) is 18.5. The van der Waals surface area contributed by atoms with Gasteiger partial charge >= 0.3 is 6.03 Å². The first-order valence-corrected chi connectivity index (χ1v) is 9.71. The molecule has 27 heavy (non-hydrogen) atoms. The lowest BCUT2D eigenvalue weighted by Gasteiger charge is -2.29. The van der Waals surface area contributed by atoms with Crippen LogP contribution >= 0.6 is 23.2 Å². The Morgan fingerprint density at radius 1 is 0.889 bits per heavy atom. The third-order valence-corrected chi connectivity index (χ3v) is 6.04. The third kappa shape index (κ3) is 2.59. The molecule has 0 radical (unpaired) electrons. The Hall–Kier alpha value is -2.27. The zero-order valence-electron chi connectivity index (χ0n) is 14.5. The molecule has 2 aliphatic rings. The van der Waals surface area contributed by atoms with Crippen LogP contribution < -0.4 is 4.90 Å². The summed E-state index contributed by atoms with van der Waals surface area (Å²) in [6, 6.07) is 19.9. The summed E-state index contributed by atoms with van der Waals surface area (Å²) in [4.78, 5) is 15.1. The van der Waals surface area contributed by atoms with Crippen LogP contribution in [0.1, 0.15) is 18.2 Å². The van der Waals surface area contributed by atoms with E-state index in [2.05, 4.69) is 29.3 Å². The molecule has 0 saturated carbocycles. The number of urea groups is 1. The van der Waals surface area contributed by atoms with Crippen LogP contribution in [0.2, 0.25) is 10.0 Å². The van der Waals surface area contributed by atoms with E-state index in [1.807, 2.05) is 34.2 Å². The van der Waals surface area contributed by atoms with Crippen molar-refractivity contribution < 1.29 is 4.79 Å². The van der Waals surface area contributed by atoms with Gasteiger partial charge in [0, 0.05) is 18.8 Å². The molecule has 2 heterocycles. The number of rotatable bonds is 2. The Kier molecular flexibility index (Phi) is 4.01. The molecule has 2 fully saturated rings. The predicted molar refractivity (Wildman–Crippen MR) is 109 cm³/mol. The Morgan fingerprint density at radius 2 is 1.70 bits per heavy atom. The van der Waals surface area contributed by atoms with Crippen molar-refractivity contribution >= 4 is 45.7 Å². The highest BCUT2D eigenvalue weighted by Crippen LogP contribution is 2.43. The van der Waals surface area contributed by atoms with Crippen molar-refractivity contribution in [3.05, 3.63) is 76.3 Å². The number of nitrogens with zero attached hydrogens (tertiary/aromatic N) is 3. The Morgan fingerprint density at radius 3 is 2.56 bits per heavy atom. The molecule has 0 unspecified atom stereocenters. The van der Waals surface area contributed by atoms with E-state index >= 15 is 0 Å². The number of anilines is 1. The van der Waals surface area contributed by atoms with Crippen LogP contribution in [-0.4, -0.2) is 29.1 Å². The number of amides is 2. The second-order valence-electron chi connectivity index (χ2n) is 6.83. The highest BCUT2D eigenvalue weighted by atomic mass is 35.5. The number of hydrazine groups is 1. The Bertz CT molecular complexity index is 1050. The van der Waals surface area contributed by atoms with Gasteiger partial charge in [0.2, 0.25) is 0 Å². The molecule has 1 atom stereocenters. The first-order valence-electron chi connectivity index (χ1n) is 8.95. The van der Waals surface area contributed by atoms with E-state index < -0.39 is 0 Å². The van der Waals surface area contributed by atoms with Gasteiger partial charge in [-0.15, -0.1) is 0 Å². The highest BCUT2D eigenvalue weighted by molar-refractivity contribution is 6.42. The lowest BCUT2D eigenvalue weighted by atomic mass is 10.0. The fourth-order valence-corrected chi connectivity index (χ4v) is 4.41. The van der Waals surface area contributed by atoms with Crippen LogP contribution in [0.15, 0.2) is 60.7 Å². The molecule has 5 rings (SSSR count). The second-order valence-corrected chi connectivity index (χ2v) is 7.65. The van der Waals surface area contributed by atoms with Crippen molar-refractivity contribution in [2.45, 2.75) is 12.6 Å². The van der Waals surface area contributed by atoms with Crippen molar-refractivity contribution in [2.24, 2.45) is 0 Å². The fraction of sp³-hybridized carbons (Fsp3) is 0.190. The van der Waals surface area contributed by atoms with E-state index in [1.54, 1.807) is 12.1 Å². The summed E-state index contributed by atoms with van der Waals surface area (Å²) in [6.45, 7) is 1.58. The van der Waals surface area contributed by atoms with Gasteiger partial charge in [-0.1, -0.05) is 65.7 Å². The molecule has 3 aromatic carbocycles. The first-order chi connectivity index (χ1) is 13.1. The molecule has 0 aliphatic carbocycles. The maximum Gasteiger partial charge on any atom is 0.340 e. The minimum atomic E-state index is -0.205. The van der Waals surface area contributed by atoms with Gasteiger partial charge in [0.05, 0.1) is 10.0 Å². The number of carbonyl (C=O) groups excluding carboxylic acids is 1. The molecule has 136 valence electrons. The number of halogens is 2. The van der Waals surface area contributed by atoms with E-state index in [-0.39, 0.29) is 12.2 Å². The number of hydrogen-bond acceptors (Lipinski definition) is 2. The van der Waals surface area contributed by atoms with Crippen molar-refractivity contribution in [1.82, 2.24) is 10.0 Å². The minimum Gasteiger partial charge on any atom is -0.271 e. The van der Waals surface area contributed by atoms with Gasteiger partial charge in [-0.2, -0.15) is 5.01 Å². The average Bonchev–Trinajstić information content (AvgIpc) is 3.26. The van der Waals surface area contributed by atoms with Crippen LogP contribution in [0.25, 0.3) is 10.8 Å². The molecular formula is C21H17Cl2N3O. The van der Waals surface area contributed by atoms with Crippen molar-refractivity contribution in [3.63, 3.8) is 0 Å². The Balaban J connectivity index is 1.71. The lowest BCUT2D eigenvalue weighted by molar-refractivity contribution is 0.0733. The van der Waals surface area contributed by atoms with E-state index in [4.69, 9.17) is 23.2 Å². The van der Waals surface area contributed by atoms with E-state index in [9.17, 15) is 4.79 Å². The van der Waals surface area contributed by atoms with Crippen LogP contribution in [0, 0.1) is 0 Å². The van der Waals surface area contributed by atoms with Crippen molar-refractivity contribution in [3.8, 4) is 0 Å². The highest BCUT2D eigenvalue weighted by Gasteiger charge is 2.48. The van der Waals surface area contributed by atoms with Gasteiger partial charge in [0.1, 0.15) is 6.17 Å². The molecule has 3 aromatic rings. The molecule has 0 aromatic heterocycles. The van der Waals surface area contributed by atoms with Crippen LogP contribution in [0.3, 0.4) is 0 Å². The van der Waals surface area contributed by atoms with Crippen molar-refractivity contribution in [1.29, 1.82) is 0 Å². The Labute approximate surface area is 167 Å². The fourth-order valence-electron chi connectivity index (χ4n) is 4.12. The summed E-state index contributed by atoms with van der Waals surface area (Å²) < 4.78 is 0. The molecule has 2 saturated heterocycles. The van der Waals surface area contributed by atoms with E-state index in [0.717, 1.165) is 41.5 Å². The minimum absolute atomic E-state index is 0.0242. The molecule has 0 spiro atoms. The molecule has 0 bridgehead atoms. The van der Waals surface area contributed by atoms with Crippen molar-refractivity contribution in [2.75, 3.05) is 18.0 Å². The smallest absolute Gasteiger partial charge is 0.271 e. The van der Waals surface area contributed by atoms with Crippen LogP contribution in [-0.2, 0) is 0 Å². The zero-order valence-corrected chi connectivity index (χ0v) is 16.0. The van der Waals surface area contributed by atoms with Gasteiger partial charge in [-0.25, -0.2) is 4.79 Å². The largest absolute Gasteiger partial charge is 0.340 e. The average molecular weight is 398 g/mol. The van der Waals surface area contributed by atoms with Crippen LogP contribution in [0.5, 0.6) is 0 Å². The summed E-state index contributed by atoms with van der Waals surface area (Å²) in [5.74, 6) is 0. The normalized spacial score (nSPS) is 19.9. The third-order valence-electron chi connectivity index (χ3n) is 5.30. The maximum absolute atomic E-state index is 13.2. The molecule has 0 N–H and O–H groups in total. The topological polar surface area (TPSA) is 26.8 Å². The SMILES string of the molecule is O=C1N(c2ccc(Cl)c(Cl)c2)[C@H](c2cccc3ccccc23)N2CCCN12. The first kappa shape index (κ1) is 16.9. The van der Waals surface area contributed by atoms with E-state index in [1.165, 1.54) is 0 Å². The number of fused-ring (bicyclic) bond motifs is 2. The van der Waals surface area contributed by atoms with Gasteiger partial charge in [0.25, 0.3) is 0 Å². The van der Waals surface area contributed by atoms with Gasteiger partial charge in [-0.05, 0) is 41.0 Å². The number of benzene rings is 3. The number of carbonyl (C=O) groups is 1.